The zero-order valence-corrected chi connectivity index (χ0v) is 10.1. The van der Waals surface area contributed by atoms with E-state index >= 15 is 0 Å². The molecule has 2 saturated heterocycles. The predicted molar refractivity (Wildman–Crippen MR) is 63.9 cm³/mol. The molecule has 0 bridgehead atoms. The molecule has 2 unspecified atom stereocenters. The summed E-state index contributed by atoms with van der Waals surface area (Å²) in [7, 11) is 0. The number of hydrogen-bond donors (Lipinski definition) is 1. The first-order valence-corrected chi connectivity index (χ1v) is 6.88. The van der Waals surface area contributed by atoms with Crippen LogP contribution in [0.15, 0.2) is 0 Å². The molecule has 1 N–H and O–H groups in total. The standard InChI is InChI=1S/C11H22N2S/c1-9-10(2)14-6-5-13(9)4-3-11-7-12-8-11/h9-12H,3-8H2,1-2H3. The van der Waals surface area contributed by atoms with E-state index in [0.717, 1.165) is 17.2 Å². The van der Waals surface area contributed by atoms with Crippen molar-refractivity contribution in [3.8, 4) is 0 Å². The summed E-state index contributed by atoms with van der Waals surface area (Å²) in [5.74, 6) is 2.29. The second-order valence-electron chi connectivity index (χ2n) is 4.67. The number of rotatable bonds is 3. The number of thioether (sulfide) groups is 1. The fourth-order valence-corrected chi connectivity index (χ4v) is 3.37. The van der Waals surface area contributed by atoms with Crippen LogP contribution in [-0.4, -0.2) is 48.1 Å². The van der Waals surface area contributed by atoms with Gasteiger partial charge in [-0.1, -0.05) is 6.92 Å². The summed E-state index contributed by atoms with van der Waals surface area (Å²) in [5, 5.41) is 4.17. The van der Waals surface area contributed by atoms with E-state index in [1.807, 2.05) is 0 Å². The minimum atomic E-state index is 0.779. The Morgan fingerprint density at radius 1 is 1.36 bits per heavy atom. The lowest BCUT2D eigenvalue weighted by molar-refractivity contribution is 0.184. The molecular weight excluding hydrogens is 192 g/mol. The van der Waals surface area contributed by atoms with Gasteiger partial charge in [0.1, 0.15) is 0 Å². The Bertz CT molecular complexity index is 182. The Labute approximate surface area is 91.8 Å². The van der Waals surface area contributed by atoms with Crippen molar-refractivity contribution in [3.05, 3.63) is 0 Å². The third-order valence-corrected chi connectivity index (χ3v) is 5.04. The summed E-state index contributed by atoms with van der Waals surface area (Å²) >= 11 is 2.13. The molecule has 14 heavy (non-hydrogen) atoms. The van der Waals surface area contributed by atoms with Gasteiger partial charge in [-0.05, 0) is 38.9 Å². The SMILES string of the molecule is CC1SCCN(CCC2CNC2)C1C. The molecule has 2 aliphatic rings. The van der Waals surface area contributed by atoms with Gasteiger partial charge in [0.15, 0.2) is 0 Å². The van der Waals surface area contributed by atoms with Crippen LogP contribution in [0.25, 0.3) is 0 Å². The Hall–Kier alpha value is 0.270. The van der Waals surface area contributed by atoms with Crippen LogP contribution in [0.1, 0.15) is 20.3 Å². The Morgan fingerprint density at radius 3 is 2.79 bits per heavy atom. The molecule has 0 aromatic carbocycles. The van der Waals surface area contributed by atoms with Gasteiger partial charge in [-0.2, -0.15) is 11.8 Å². The van der Waals surface area contributed by atoms with E-state index in [1.165, 1.54) is 38.4 Å². The number of nitrogens with zero attached hydrogens (tertiary/aromatic N) is 1. The average molecular weight is 214 g/mol. The molecule has 0 spiro atoms. The van der Waals surface area contributed by atoms with E-state index < -0.39 is 0 Å². The molecule has 2 heterocycles. The lowest BCUT2D eigenvalue weighted by Crippen LogP contribution is -2.48. The van der Waals surface area contributed by atoms with Gasteiger partial charge in [0.05, 0.1) is 0 Å². The van der Waals surface area contributed by atoms with Crippen LogP contribution in [-0.2, 0) is 0 Å². The van der Waals surface area contributed by atoms with Crippen molar-refractivity contribution in [3.63, 3.8) is 0 Å². The van der Waals surface area contributed by atoms with Crippen LogP contribution in [0.5, 0.6) is 0 Å². The third kappa shape index (κ3) is 2.44. The average Bonchev–Trinajstić information content (AvgIpc) is 2.09. The summed E-state index contributed by atoms with van der Waals surface area (Å²) in [4.78, 5) is 2.68. The highest BCUT2D eigenvalue weighted by Gasteiger charge is 2.26. The molecule has 0 aliphatic carbocycles. The van der Waals surface area contributed by atoms with Gasteiger partial charge in [-0.25, -0.2) is 0 Å². The Morgan fingerprint density at radius 2 is 2.14 bits per heavy atom. The van der Waals surface area contributed by atoms with Gasteiger partial charge in [-0.3, -0.25) is 4.90 Å². The molecular formula is C11H22N2S. The van der Waals surface area contributed by atoms with Crippen LogP contribution in [0.4, 0.5) is 0 Å². The topological polar surface area (TPSA) is 15.3 Å². The summed E-state index contributed by atoms with van der Waals surface area (Å²) < 4.78 is 0. The van der Waals surface area contributed by atoms with Crippen molar-refractivity contribution in [2.45, 2.75) is 31.6 Å². The predicted octanol–water partition coefficient (Wildman–Crippen LogP) is 1.42. The molecule has 0 saturated carbocycles. The molecule has 2 nitrogen and oxygen atoms in total. The van der Waals surface area contributed by atoms with Gasteiger partial charge in [0, 0.05) is 23.6 Å². The highest BCUT2D eigenvalue weighted by atomic mass is 32.2. The molecule has 0 radical (unpaired) electrons. The van der Waals surface area contributed by atoms with Gasteiger partial charge in [0.25, 0.3) is 0 Å². The highest BCUT2D eigenvalue weighted by Crippen LogP contribution is 2.24. The Balaban J connectivity index is 1.72. The van der Waals surface area contributed by atoms with E-state index in [-0.39, 0.29) is 0 Å². The van der Waals surface area contributed by atoms with Crippen molar-refractivity contribution in [1.82, 2.24) is 10.2 Å². The molecule has 2 rings (SSSR count). The van der Waals surface area contributed by atoms with Crippen LogP contribution in [0, 0.1) is 5.92 Å². The first-order chi connectivity index (χ1) is 6.77. The summed E-state index contributed by atoms with van der Waals surface area (Å²) in [6, 6.07) is 0.779. The summed E-state index contributed by atoms with van der Waals surface area (Å²) in [5.41, 5.74) is 0. The molecule has 0 aromatic rings. The quantitative estimate of drug-likeness (QED) is 0.765. The van der Waals surface area contributed by atoms with Crippen molar-refractivity contribution < 1.29 is 0 Å². The van der Waals surface area contributed by atoms with Crippen molar-refractivity contribution in [1.29, 1.82) is 0 Å². The van der Waals surface area contributed by atoms with E-state index in [2.05, 4.69) is 35.8 Å². The normalized spacial score (nSPS) is 35.6. The van der Waals surface area contributed by atoms with E-state index in [9.17, 15) is 0 Å². The summed E-state index contributed by atoms with van der Waals surface area (Å²) in [6.07, 6.45) is 1.40. The number of hydrogen-bond acceptors (Lipinski definition) is 3. The van der Waals surface area contributed by atoms with Gasteiger partial charge in [0.2, 0.25) is 0 Å². The van der Waals surface area contributed by atoms with Crippen molar-refractivity contribution >= 4 is 11.8 Å². The van der Waals surface area contributed by atoms with Gasteiger partial charge >= 0.3 is 0 Å². The maximum absolute atomic E-state index is 3.35. The van der Waals surface area contributed by atoms with Crippen LogP contribution < -0.4 is 5.32 Å². The molecule has 2 atom stereocenters. The number of nitrogens with one attached hydrogen (secondary N) is 1. The zero-order valence-electron chi connectivity index (χ0n) is 9.33. The smallest absolute Gasteiger partial charge is 0.0184 e. The highest BCUT2D eigenvalue weighted by molar-refractivity contribution is 8.00. The fourth-order valence-electron chi connectivity index (χ4n) is 2.21. The van der Waals surface area contributed by atoms with E-state index in [0.29, 0.717) is 0 Å². The molecule has 2 fully saturated rings. The maximum atomic E-state index is 3.35. The fraction of sp³-hybridized carbons (Fsp3) is 1.00. The lowest BCUT2D eigenvalue weighted by Gasteiger charge is -2.39. The lowest BCUT2D eigenvalue weighted by atomic mass is 9.99. The maximum Gasteiger partial charge on any atom is 0.0184 e. The third-order valence-electron chi connectivity index (χ3n) is 3.71. The van der Waals surface area contributed by atoms with Gasteiger partial charge < -0.3 is 5.32 Å². The van der Waals surface area contributed by atoms with Crippen LogP contribution in [0.2, 0.25) is 0 Å². The second kappa shape index (κ2) is 4.86. The molecule has 0 aromatic heterocycles. The van der Waals surface area contributed by atoms with Crippen LogP contribution in [0.3, 0.4) is 0 Å². The minimum Gasteiger partial charge on any atom is -0.316 e. The molecule has 3 heteroatoms. The van der Waals surface area contributed by atoms with Gasteiger partial charge in [-0.15, -0.1) is 0 Å². The van der Waals surface area contributed by atoms with E-state index in [4.69, 9.17) is 0 Å². The first-order valence-electron chi connectivity index (χ1n) is 5.83. The van der Waals surface area contributed by atoms with Crippen molar-refractivity contribution in [2.24, 2.45) is 5.92 Å². The zero-order chi connectivity index (χ0) is 9.97. The van der Waals surface area contributed by atoms with Crippen LogP contribution >= 0.6 is 11.8 Å². The monoisotopic (exact) mass is 214 g/mol. The first kappa shape index (κ1) is 10.8. The van der Waals surface area contributed by atoms with E-state index in [1.54, 1.807) is 0 Å². The summed E-state index contributed by atoms with van der Waals surface area (Å²) in [6.45, 7) is 9.88. The minimum absolute atomic E-state index is 0.779. The molecule has 82 valence electrons. The molecule has 0 amide bonds. The van der Waals surface area contributed by atoms with Crippen molar-refractivity contribution in [2.75, 3.05) is 31.9 Å². The molecule has 2 aliphatic heterocycles. The second-order valence-corrected chi connectivity index (χ2v) is 6.15. The largest absolute Gasteiger partial charge is 0.316 e. The Kier molecular flexibility index (Phi) is 3.74.